The summed E-state index contributed by atoms with van der Waals surface area (Å²) in [6.45, 7) is 5.45. The number of carbonyl (C=O) groups excluding carboxylic acids is 1. The van der Waals surface area contributed by atoms with Crippen LogP contribution in [0.1, 0.15) is 73.1 Å². The molecular formula is C38H45ClN4O5S. The van der Waals surface area contributed by atoms with Crippen molar-refractivity contribution in [3.05, 3.63) is 94.3 Å². The summed E-state index contributed by atoms with van der Waals surface area (Å²) >= 11 is 6.47. The fourth-order valence-electron chi connectivity index (χ4n) is 8.60. The first-order chi connectivity index (χ1) is 23.5. The van der Waals surface area contributed by atoms with Crippen LogP contribution in [0.3, 0.4) is 0 Å². The third-order valence-corrected chi connectivity index (χ3v) is 14.4. The number of nitrogens with zero attached hydrogens (tertiary/aromatic N) is 4. The normalized spacial score (nSPS) is 31.9. The Labute approximate surface area is 294 Å². The minimum Gasteiger partial charge on any atom is -0.490 e. The topological polar surface area (TPSA) is 102 Å². The molecule has 11 heteroatoms. The number of anilines is 1. The van der Waals surface area contributed by atoms with E-state index in [0.29, 0.717) is 37.4 Å². The van der Waals surface area contributed by atoms with Crippen molar-refractivity contribution < 1.29 is 22.7 Å². The highest BCUT2D eigenvalue weighted by Crippen LogP contribution is 2.51. The number of ether oxygens (including phenoxy) is 2. The van der Waals surface area contributed by atoms with E-state index in [2.05, 4.69) is 33.3 Å². The molecule has 6 atom stereocenters. The van der Waals surface area contributed by atoms with Crippen LogP contribution >= 0.6 is 11.6 Å². The number of fused-ring (bicyclic) bond motifs is 4. The first-order valence-electron chi connectivity index (χ1n) is 17.3. The average molecular weight is 705 g/mol. The van der Waals surface area contributed by atoms with Crippen molar-refractivity contribution in [1.82, 2.24) is 14.5 Å². The van der Waals surface area contributed by atoms with Crippen LogP contribution < -0.4 is 9.64 Å². The van der Waals surface area contributed by atoms with E-state index < -0.39 is 26.8 Å². The second-order valence-electron chi connectivity index (χ2n) is 14.5. The summed E-state index contributed by atoms with van der Waals surface area (Å²) in [6.07, 6.45) is 11.1. The van der Waals surface area contributed by atoms with Crippen molar-refractivity contribution in [2.75, 3.05) is 38.8 Å². The van der Waals surface area contributed by atoms with Gasteiger partial charge in [0.2, 0.25) is 10.0 Å². The summed E-state index contributed by atoms with van der Waals surface area (Å²) in [5, 5.41) is 8.71. The van der Waals surface area contributed by atoms with E-state index in [4.69, 9.17) is 21.1 Å². The van der Waals surface area contributed by atoms with Gasteiger partial charge in [0, 0.05) is 55.4 Å². The Morgan fingerprint density at radius 3 is 2.67 bits per heavy atom. The number of carbonyl (C=O) groups is 1. The number of aryl methyl sites for hydroxylation is 1. The van der Waals surface area contributed by atoms with Gasteiger partial charge in [-0.1, -0.05) is 36.7 Å². The van der Waals surface area contributed by atoms with Gasteiger partial charge in [0.15, 0.2) is 0 Å². The third-order valence-electron chi connectivity index (χ3n) is 11.8. The van der Waals surface area contributed by atoms with Crippen molar-refractivity contribution in [3.8, 4) is 5.75 Å². The lowest BCUT2D eigenvalue weighted by atomic mass is 9.62. The molecule has 260 valence electrons. The molecule has 4 aliphatic rings. The summed E-state index contributed by atoms with van der Waals surface area (Å²) < 4.78 is 41.7. The maximum absolute atomic E-state index is 13.9. The number of hydrogen-bond acceptors (Lipinski definition) is 8. The van der Waals surface area contributed by atoms with E-state index in [1.807, 2.05) is 43.3 Å². The molecular weight excluding hydrogens is 660 g/mol. The van der Waals surface area contributed by atoms with Gasteiger partial charge in [0.05, 0.1) is 23.2 Å². The van der Waals surface area contributed by atoms with Gasteiger partial charge in [0.1, 0.15) is 11.4 Å². The van der Waals surface area contributed by atoms with Crippen molar-refractivity contribution >= 4 is 33.2 Å². The van der Waals surface area contributed by atoms with Gasteiger partial charge in [0.25, 0.3) is 5.91 Å². The van der Waals surface area contributed by atoms with Crippen LogP contribution in [0.15, 0.2) is 66.9 Å². The Kier molecular flexibility index (Phi) is 9.03. The van der Waals surface area contributed by atoms with Crippen LogP contribution in [0.2, 0.25) is 5.02 Å². The highest BCUT2D eigenvalue weighted by atomic mass is 35.5. The second-order valence-corrected chi connectivity index (χ2v) is 17.2. The highest BCUT2D eigenvalue weighted by Gasteiger charge is 2.51. The lowest BCUT2D eigenvalue weighted by Crippen LogP contribution is -2.52. The fourth-order valence-corrected chi connectivity index (χ4v) is 10.3. The Morgan fingerprint density at radius 1 is 1.10 bits per heavy atom. The Hall–Kier alpha value is -3.47. The zero-order chi connectivity index (χ0) is 34.6. The number of hydrogen-bond donors (Lipinski definition) is 0. The van der Waals surface area contributed by atoms with Crippen LogP contribution in [-0.4, -0.2) is 67.9 Å². The van der Waals surface area contributed by atoms with Crippen molar-refractivity contribution in [2.45, 2.75) is 68.6 Å². The molecule has 49 heavy (non-hydrogen) atoms. The number of benzene rings is 2. The number of rotatable bonds is 2. The molecule has 1 spiro atoms. The summed E-state index contributed by atoms with van der Waals surface area (Å²) in [7, 11) is -0.880. The number of amides is 1. The van der Waals surface area contributed by atoms with Gasteiger partial charge in [-0.25, -0.2) is 12.7 Å². The van der Waals surface area contributed by atoms with Crippen molar-refractivity contribution in [2.24, 2.45) is 17.8 Å². The molecule has 1 fully saturated rings. The molecule has 2 aliphatic heterocycles. The van der Waals surface area contributed by atoms with Crippen LogP contribution in [0.4, 0.5) is 5.69 Å². The quantitative estimate of drug-likeness (QED) is 0.277. The lowest BCUT2D eigenvalue weighted by molar-refractivity contribution is -0.0836. The molecule has 3 heterocycles. The van der Waals surface area contributed by atoms with E-state index in [9.17, 15) is 13.2 Å². The molecule has 0 saturated heterocycles. The Bertz CT molecular complexity index is 1870. The first kappa shape index (κ1) is 34.0. The van der Waals surface area contributed by atoms with Gasteiger partial charge in [-0.05, 0) is 111 Å². The molecule has 3 aromatic rings. The zero-order valence-corrected chi connectivity index (χ0v) is 30.2. The van der Waals surface area contributed by atoms with Crippen LogP contribution in [-0.2, 0) is 32.2 Å². The van der Waals surface area contributed by atoms with Crippen LogP contribution in [0.5, 0.6) is 5.75 Å². The maximum atomic E-state index is 13.9. The summed E-state index contributed by atoms with van der Waals surface area (Å²) in [5.74, 6) is 0.189. The third kappa shape index (κ3) is 5.83. The van der Waals surface area contributed by atoms with Crippen LogP contribution in [0.25, 0.3) is 0 Å². The average Bonchev–Trinajstić information content (AvgIpc) is 3.25. The molecule has 7 rings (SSSR count). The molecule has 1 saturated carbocycles. The van der Waals surface area contributed by atoms with E-state index in [-0.39, 0.29) is 23.2 Å². The van der Waals surface area contributed by atoms with Crippen molar-refractivity contribution in [3.63, 3.8) is 0 Å². The largest absolute Gasteiger partial charge is 0.490 e. The molecule has 0 unspecified atom stereocenters. The number of allylic oxidation sites excluding steroid dienone is 1. The molecule has 9 nitrogen and oxygen atoms in total. The number of methoxy groups -OCH3 is 1. The Morgan fingerprint density at radius 2 is 1.94 bits per heavy atom. The predicted molar refractivity (Wildman–Crippen MR) is 191 cm³/mol. The Balaban J connectivity index is 1.38. The second kappa shape index (κ2) is 13.0. The fraction of sp³-hybridized carbons (Fsp3) is 0.500. The molecule has 0 N–H and O–H groups in total. The molecule has 2 bridgehead atoms. The number of sulfonamides is 1. The summed E-state index contributed by atoms with van der Waals surface area (Å²) in [4.78, 5) is 16.3. The molecule has 2 aliphatic carbocycles. The van der Waals surface area contributed by atoms with Crippen molar-refractivity contribution in [1.29, 1.82) is 0 Å². The molecule has 1 aromatic heterocycles. The number of aromatic nitrogens is 2. The van der Waals surface area contributed by atoms with Gasteiger partial charge in [-0.3, -0.25) is 4.79 Å². The minimum atomic E-state index is -3.97. The monoisotopic (exact) mass is 704 g/mol. The van der Waals surface area contributed by atoms with E-state index in [1.54, 1.807) is 26.3 Å². The molecule has 2 aromatic carbocycles. The summed E-state index contributed by atoms with van der Waals surface area (Å²) in [5.41, 5.74) is 3.21. The SMILES string of the molecule is CO[C@@]1(c2cccnn2)/C=C/C[C@H](C)[C@@H](C)S(=O)(=O)N(C)C(=O)c2ccc3c(c2)N(C[C@@H]2CC[C@H]21)C[C@@]1(CCCc2cc(Cl)ccc21)CO3. The minimum absolute atomic E-state index is 0.0896. The van der Waals surface area contributed by atoms with Gasteiger partial charge in [-0.15, -0.1) is 0 Å². The van der Waals surface area contributed by atoms with E-state index in [1.165, 1.54) is 18.2 Å². The summed E-state index contributed by atoms with van der Waals surface area (Å²) in [6, 6.07) is 15.4. The van der Waals surface area contributed by atoms with Gasteiger partial charge in [-0.2, -0.15) is 10.2 Å². The van der Waals surface area contributed by atoms with Gasteiger partial charge >= 0.3 is 0 Å². The lowest BCUT2D eigenvalue weighted by Gasteiger charge is -2.50. The number of halogens is 1. The first-order valence-corrected chi connectivity index (χ1v) is 19.2. The van der Waals surface area contributed by atoms with E-state index in [0.717, 1.165) is 52.8 Å². The van der Waals surface area contributed by atoms with E-state index >= 15 is 0 Å². The van der Waals surface area contributed by atoms with Gasteiger partial charge < -0.3 is 14.4 Å². The maximum Gasteiger partial charge on any atom is 0.267 e. The zero-order valence-electron chi connectivity index (χ0n) is 28.6. The molecule has 1 amide bonds. The standard InChI is InChI=1S/C38H45ClN4O5S/c1-25-8-5-18-38(47-4,35-10-7-19-40-41-35)32-14-11-29(32)22-43-23-37(17-6-9-27-20-30(39)13-15-31(27)37)24-48-34-16-12-28(21-33(34)43)36(44)42(3)49(45,46)26(25)2/h5,7,10,12-13,15-16,18-21,25-26,29,32H,6,8-9,11,14,17,22-24H2,1-4H3/b18-5+/t25-,26+,29-,32+,37-,38-/m0/s1. The highest BCUT2D eigenvalue weighted by molar-refractivity contribution is 7.90. The smallest absolute Gasteiger partial charge is 0.267 e. The van der Waals surface area contributed by atoms with Crippen LogP contribution in [0, 0.1) is 17.8 Å². The molecule has 0 radical (unpaired) electrons. The predicted octanol–water partition coefficient (Wildman–Crippen LogP) is 6.56.